The molecule has 90 valence electrons. The lowest BCUT2D eigenvalue weighted by atomic mass is 10.0. The highest BCUT2D eigenvalue weighted by Crippen LogP contribution is 2.32. The molecule has 0 unspecified atom stereocenters. The van der Waals surface area contributed by atoms with Gasteiger partial charge < -0.3 is 4.40 Å². The van der Waals surface area contributed by atoms with Crippen LogP contribution >= 0.6 is 0 Å². The molecule has 0 aliphatic rings. The van der Waals surface area contributed by atoms with Gasteiger partial charge in [-0.25, -0.2) is 0 Å². The summed E-state index contributed by atoms with van der Waals surface area (Å²) in [6.45, 7) is 4.44. The number of aryl methyl sites for hydroxylation is 2. The molecular formula is C17H17N. The summed E-state index contributed by atoms with van der Waals surface area (Å²) in [7, 11) is 0. The third kappa shape index (κ3) is 1.55. The normalized spacial score (nSPS) is 11.0. The van der Waals surface area contributed by atoms with Gasteiger partial charge in [0.1, 0.15) is 0 Å². The Kier molecular flexibility index (Phi) is 2.67. The van der Waals surface area contributed by atoms with Crippen molar-refractivity contribution < 1.29 is 0 Å². The first kappa shape index (κ1) is 11.1. The minimum absolute atomic E-state index is 1.04. The summed E-state index contributed by atoms with van der Waals surface area (Å²) in [5.41, 5.74) is 6.79. The van der Waals surface area contributed by atoms with Crippen LogP contribution in [0.5, 0.6) is 0 Å². The number of fused-ring (bicyclic) bond motifs is 1. The zero-order valence-electron chi connectivity index (χ0n) is 10.9. The van der Waals surface area contributed by atoms with Crippen LogP contribution in [-0.4, -0.2) is 4.40 Å². The third-order valence-electron chi connectivity index (χ3n) is 3.60. The number of aromatic nitrogens is 1. The van der Waals surface area contributed by atoms with Crippen molar-refractivity contribution in [3.63, 3.8) is 0 Å². The van der Waals surface area contributed by atoms with Gasteiger partial charge in [-0.3, -0.25) is 0 Å². The third-order valence-corrected chi connectivity index (χ3v) is 3.60. The fraction of sp³-hybridized carbons (Fsp3) is 0.176. The summed E-state index contributed by atoms with van der Waals surface area (Å²) in [4.78, 5) is 0. The van der Waals surface area contributed by atoms with Crippen LogP contribution in [0.15, 0.2) is 54.7 Å². The van der Waals surface area contributed by atoms with Gasteiger partial charge in [-0.05, 0) is 36.6 Å². The molecule has 0 bridgehead atoms. The van der Waals surface area contributed by atoms with Crippen LogP contribution < -0.4 is 0 Å². The van der Waals surface area contributed by atoms with Gasteiger partial charge in [0, 0.05) is 23.0 Å². The van der Waals surface area contributed by atoms with E-state index in [4.69, 9.17) is 0 Å². The topological polar surface area (TPSA) is 4.41 Å². The Morgan fingerprint density at radius 3 is 2.39 bits per heavy atom. The second kappa shape index (κ2) is 4.34. The van der Waals surface area contributed by atoms with E-state index in [0.29, 0.717) is 0 Å². The molecule has 0 amide bonds. The summed E-state index contributed by atoms with van der Waals surface area (Å²) >= 11 is 0. The molecule has 3 rings (SSSR count). The molecule has 2 heterocycles. The van der Waals surface area contributed by atoms with Crippen LogP contribution in [0.2, 0.25) is 0 Å². The smallest absolute Gasteiger partial charge is 0.0488 e. The monoisotopic (exact) mass is 235 g/mol. The summed E-state index contributed by atoms with van der Waals surface area (Å²) in [6.07, 6.45) is 3.21. The highest BCUT2D eigenvalue weighted by molar-refractivity contribution is 5.79. The van der Waals surface area contributed by atoms with Gasteiger partial charge in [-0.2, -0.15) is 0 Å². The maximum atomic E-state index is 2.32. The fourth-order valence-corrected chi connectivity index (χ4v) is 2.78. The number of benzene rings is 1. The van der Waals surface area contributed by atoms with E-state index in [1.165, 1.54) is 27.9 Å². The SMILES string of the molecule is CCc1c(-c2ccccc2)c(C)c2ccccn12. The van der Waals surface area contributed by atoms with Crippen LogP contribution in [0.1, 0.15) is 18.2 Å². The molecule has 0 saturated carbocycles. The van der Waals surface area contributed by atoms with Gasteiger partial charge in [0.15, 0.2) is 0 Å². The summed E-state index contributed by atoms with van der Waals surface area (Å²) in [6, 6.07) is 17.1. The van der Waals surface area contributed by atoms with Crippen LogP contribution in [0.3, 0.4) is 0 Å². The van der Waals surface area contributed by atoms with Crippen molar-refractivity contribution in [1.29, 1.82) is 0 Å². The number of pyridine rings is 1. The molecule has 0 atom stereocenters. The Hall–Kier alpha value is -2.02. The number of hydrogen-bond donors (Lipinski definition) is 0. The van der Waals surface area contributed by atoms with E-state index in [1.807, 2.05) is 0 Å². The Labute approximate surface area is 108 Å². The van der Waals surface area contributed by atoms with E-state index < -0.39 is 0 Å². The van der Waals surface area contributed by atoms with E-state index in [0.717, 1.165) is 6.42 Å². The van der Waals surface area contributed by atoms with Crippen molar-refractivity contribution in [3.8, 4) is 11.1 Å². The van der Waals surface area contributed by atoms with Crippen molar-refractivity contribution in [3.05, 3.63) is 66.0 Å². The first-order chi connectivity index (χ1) is 8.83. The first-order valence-corrected chi connectivity index (χ1v) is 6.47. The highest BCUT2D eigenvalue weighted by Gasteiger charge is 2.14. The molecular weight excluding hydrogens is 218 g/mol. The van der Waals surface area contributed by atoms with Crippen LogP contribution in [0.25, 0.3) is 16.6 Å². The van der Waals surface area contributed by atoms with Gasteiger partial charge in [-0.15, -0.1) is 0 Å². The predicted octanol–water partition coefficient (Wildman–Crippen LogP) is 4.48. The molecule has 2 aromatic heterocycles. The average molecular weight is 235 g/mol. The molecule has 0 saturated heterocycles. The largest absolute Gasteiger partial charge is 0.320 e. The van der Waals surface area contributed by atoms with E-state index in [9.17, 15) is 0 Å². The van der Waals surface area contributed by atoms with E-state index in [-0.39, 0.29) is 0 Å². The van der Waals surface area contributed by atoms with E-state index >= 15 is 0 Å². The Morgan fingerprint density at radius 2 is 1.67 bits per heavy atom. The minimum atomic E-state index is 1.04. The van der Waals surface area contributed by atoms with Gasteiger partial charge in [0.2, 0.25) is 0 Å². The molecule has 0 N–H and O–H groups in total. The summed E-state index contributed by atoms with van der Waals surface area (Å²) < 4.78 is 2.32. The second-order valence-corrected chi connectivity index (χ2v) is 4.62. The standard InChI is InChI=1S/C17H17N/c1-3-15-17(14-9-5-4-6-10-14)13(2)16-11-7-8-12-18(15)16/h4-12H,3H2,1-2H3. The number of rotatable bonds is 2. The molecule has 1 heteroatoms. The maximum absolute atomic E-state index is 2.32. The molecule has 1 nitrogen and oxygen atoms in total. The first-order valence-electron chi connectivity index (χ1n) is 6.47. The van der Waals surface area contributed by atoms with Crippen molar-refractivity contribution in [2.24, 2.45) is 0 Å². The quantitative estimate of drug-likeness (QED) is 0.617. The minimum Gasteiger partial charge on any atom is -0.320 e. The Morgan fingerprint density at radius 1 is 0.944 bits per heavy atom. The zero-order valence-corrected chi connectivity index (χ0v) is 10.9. The number of nitrogens with zero attached hydrogens (tertiary/aromatic N) is 1. The predicted molar refractivity (Wildman–Crippen MR) is 76.9 cm³/mol. The Bertz CT molecular complexity index is 677. The molecule has 0 spiro atoms. The van der Waals surface area contributed by atoms with Crippen molar-refractivity contribution in [1.82, 2.24) is 4.40 Å². The number of hydrogen-bond acceptors (Lipinski definition) is 0. The van der Waals surface area contributed by atoms with Gasteiger partial charge in [0.05, 0.1) is 0 Å². The lowest BCUT2D eigenvalue weighted by Gasteiger charge is -2.04. The molecule has 0 aliphatic heterocycles. The van der Waals surface area contributed by atoms with Crippen LogP contribution in [-0.2, 0) is 6.42 Å². The lowest BCUT2D eigenvalue weighted by molar-refractivity contribution is 0.998. The zero-order chi connectivity index (χ0) is 12.5. The summed E-state index contributed by atoms with van der Waals surface area (Å²) in [5.74, 6) is 0. The Balaban J connectivity index is 2.38. The molecule has 1 aromatic carbocycles. The highest BCUT2D eigenvalue weighted by atomic mass is 14.9. The molecule has 3 aromatic rings. The molecule has 0 radical (unpaired) electrons. The van der Waals surface area contributed by atoms with E-state index in [1.54, 1.807) is 0 Å². The lowest BCUT2D eigenvalue weighted by Crippen LogP contribution is -1.91. The van der Waals surface area contributed by atoms with Crippen LogP contribution in [0, 0.1) is 6.92 Å². The van der Waals surface area contributed by atoms with Crippen LogP contribution in [0.4, 0.5) is 0 Å². The molecule has 0 aliphatic carbocycles. The van der Waals surface area contributed by atoms with E-state index in [2.05, 4.69) is 73.0 Å². The molecule has 0 fully saturated rings. The van der Waals surface area contributed by atoms with Crippen molar-refractivity contribution in [2.45, 2.75) is 20.3 Å². The maximum Gasteiger partial charge on any atom is 0.0488 e. The summed E-state index contributed by atoms with van der Waals surface area (Å²) in [5, 5.41) is 0. The van der Waals surface area contributed by atoms with Gasteiger partial charge >= 0.3 is 0 Å². The fourth-order valence-electron chi connectivity index (χ4n) is 2.78. The van der Waals surface area contributed by atoms with Crippen molar-refractivity contribution >= 4 is 5.52 Å². The van der Waals surface area contributed by atoms with Gasteiger partial charge in [0.25, 0.3) is 0 Å². The van der Waals surface area contributed by atoms with Crippen molar-refractivity contribution in [2.75, 3.05) is 0 Å². The van der Waals surface area contributed by atoms with Gasteiger partial charge in [-0.1, -0.05) is 43.3 Å². The second-order valence-electron chi connectivity index (χ2n) is 4.62. The molecule has 18 heavy (non-hydrogen) atoms. The average Bonchev–Trinajstić information content (AvgIpc) is 2.73.